The molecule has 7 heteroatoms. The first-order chi connectivity index (χ1) is 15.3. The highest BCUT2D eigenvalue weighted by atomic mass is 16.3. The Morgan fingerprint density at radius 3 is 2.84 bits per heavy atom. The minimum absolute atomic E-state index is 0.0285. The number of pyridine rings is 1. The number of aromatic amines is 1. The first-order valence-corrected chi connectivity index (χ1v) is 11.3. The second kappa shape index (κ2) is 9.00. The molecule has 0 radical (unpaired) electrons. The number of hydrogen-bond acceptors (Lipinski definition) is 5. The molecule has 4 rings (SSSR count). The summed E-state index contributed by atoms with van der Waals surface area (Å²) in [6, 6.07) is 9.76. The highest BCUT2D eigenvalue weighted by molar-refractivity contribution is 6.06. The highest BCUT2D eigenvalue weighted by Gasteiger charge is 2.29. The molecule has 0 bridgehead atoms. The Labute approximate surface area is 189 Å². The van der Waals surface area contributed by atoms with Gasteiger partial charge >= 0.3 is 0 Å². The number of carbonyl (C=O) groups is 1. The SMILES string of the molecule is CN(CCO)C(=O)c1cc(C2CCN(Cc3cn[nH]c3C(C)(C)C)C2)nc2ccccc12. The zero-order valence-electron chi connectivity index (χ0n) is 19.4. The molecule has 0 saturated carbocycles. The van der Waals surface area contributed by atoms with Crippen molar-refractivity contribution in [1.29, 1.82) is 0 Å². The van der Waals surface area contributed by atoms with Gasteiger partial charge in [-0.3, -0.25) is 19.8 Å². The maximum atomic E-state index is 13.1. The summed E-state index contributed by atoms with van der Waals surface area (Å²) in [5, 5.41) is 17.6. The summed E-state index contributed by atoms with van der Waals surface area (Å²) in [5.74, 6) is 0.196. The van der Waals surface area contributed by atoms with Crippen molar-refractivity contribution in [3.05, 3.63) is 59.0 Å². The molecule has 0 spiro atoms. The molecule has 2 aromatic heterocycles. The number of nitrogens with zero attached hydrogens (tertiary/aromatic N) is 4. The Hall–Kier alpha value is -2.77. The van der Waals surface area contributed by atoms with Crippen LogP contribution >= 0.6 is 0 Å². The van der Waals surface area contributed by atoms with Crippen LogP contribution in [0.25, 0.3) is 10.9 Å². The van der Waals surface area contributed by atoms with Gasteiger partial charge < -0.3 is 10.0 Å². The second-order valence-corrected chi connectivity index (χ2v) is 9.80. The van der Waals surface area contributed by atoms with E-state index in [4.69, 9.17) is 4.98 Å². The number of hydrogen-bond donors (Lipinski definition) is 2. The van der Waals surface area contributed by atoms with E-state index in [0.29, 0.717) is 12.1 Å². The molecule has 1 unspecified atom stereocenters. The summed E-state index contributed by atoms with van der Waals surface area (Å²) in [4.78, 5) is 22.0. The maximum Gasteiger partial charge on any atom is 0.254 e. The van der Waals surface area contributed by atoms with Gasteiger partial charge in [0.05, 0.1) is 23.9 Å². The molecule has 1 atom stereocenters. The number of fused-ring (bicyclic) bond motifs is 1. The third kappa shape index (κ3) is 4.54. The van der Waals surface area contributed by atoms with Crippen molar-refractivity contribution in [2.24, 2.45) is 0 Å². The lowest BCUT2D eigenvalue weighted by atomic mass is 9.89. The molecule has 3 heterocycles. The van der Waals surface area contributed by atoms with Crippen molar-refractivity contribution in [3.63, 3.8) is 0 Å². The zero-order valence-corrected chi connectivity index (χ0v) is 19.4. The largest absolute Gasteiger partial charge is 0.395 e. The van der Waals surface area contributed by atoms with Crippen LogP contribution in [-0.2, 0) is 12.0 Å². The average molecular weight is 436 g/mol. The van der Waals surface area contributed by atoms with E-state index in [1.807, 2.05) is 36.5 Å². The number of likely N-dealkylation sites (N-methyl/N-ethyl adjacent to an activating group) is 1. The second-order valence-electron chi connectivity index (χ2n) is 9.80. The van der Waals surface area contributed by atoms with Gasteiger partial charge in [-0.2, -0.15) is 5.10 Å². The van der Waals surface area contributed by atoms with Crippen LogP contribution in [0.4, 0.5) is 0 Å². The Kier molecular flexibility index (Phi) is 6.31. The Bertz CT molecular complexity index is 1100. The lowest BCUT2D eigenvalue weighted by molar-refractivity contribution is 0.0768. The third-order valence-corrected chi connectivity index (χ3v) is 6.30. The average Bonchev–Trinajstić information content (AvgIpc) is 3.42. The number of aliphatic hydroxyl groups is 1. The number of aliphatic hydroxyl groups excluding tert-OH is 1. The van der Waals surface area contributed by atoms with Crippen molar-refractivity contribution >= 4 is 16.8 Å². The number of para-hydroxylation sites is 1. The smallest absolute Gasteiger partial charge is 0.254 e. The van der Waals surface area contributed by atoms with Gasteiger partial charge in [0.25, 0.3) is 5.91 Å². The van der Waals surface area contributed by atoms with Crippen LogP contribution in [0.1, 0.15) is 60.4 Å². The van der Waals surface area contributed by atoms with Crippen LogP contribution in [-0.4, -0.2) is 69.3 Å². The van der Waals surface area contributed by atoms with Crippen LogP contribution in [0.5, 0.6) is 0 Å². The normalized spacial score (nSPS) is 17.2. The van der Waals surface area contributed by atoms with Gasteiger partial charge in [0, 0.05) is 60.4 Å². The Morgan fingerprint density at radius 2 is 2.09 bits per heavy atom. The molecule has 1 saturated heterocycles. The van der Waals surface area contributed by atoms with E-state index in [1.165, 1.54) is 11.3 Å². The molecule has 2 N–H and O–H groups in total. The minimum atomic E-state index is -0.0815. The molecule has 3 aromatic rings. The number of carbonyl (C=O) groups excluding carboxylic acids is 1. The molecule has 1 aromatic carbocycles. The van der Waals surface area contributed by atoms with E-state index in [9.17, 15) is 9.90 Å². The molecular weight excluding hydrogens is 402 g/mol. The first kappa shape index (κ1) is 22.4. The van der Waals surface area contributed by atoms with E-state index in [1.54, 1.807) is 11.9 Å². The molecule has 1 amide bonds. The Balaban J connectivity index is 1.58. The van der Waals surface area contributed by atoms with Gasteiger partial charge in [-0.25, -0.2) is 0 Å². The molecule has 32 heavy (non-hydrogen) atoms. The van der Waals surface area contributed by atoms with Crippen LogP contribution < -0.4 is 0 Å². The zero-order chi connectivity index (χ0) is 22.9. The molecular formula is C25H33N5O2. The van der Waals surface area contributed by atoms with E-state index >= 15 is 0 Å². The van der Waals surface area contributed by atoms with E-state index < -0.39 is 0 Å². The summed E-state index contributed by atoms with van der Waals surface area (Å²) in [6.07, 6.45) is 2.95. The molecule has 170 valence electrons. The standard InChI is InChI=1S/C25H33N5O2/c1-25(2,3)23-18(14-26-28-23)16-30-10-9-17(15-30)22-13-20(24(32)29(4)11-12-31)19-7-5-6-8-21(19)27-22/h5-8,13-14,17,31H,9-12,15-16H2,1-4H3,(H,26,28). The quantitative estimate of drug-likeness (QED) is 0.621. The fourth-order valence-corrected chi connectivity index (χ4v) is 4.58. The molecule has 1 aliphatic rings. The van der Waals surface area contributed by atoms with Crippen molar-refractivity contribution in [3.8, 4) is 0 Å². The monoisotopic (exact) mass is 435 g/mol. The van der Waals surface area contributed by atoms with Gasteiger partial charge in [-0.15, -0.1) is 0 Å². The van der Waals surface area contributed by atoms with Gasteiger partial charge in [0.15, 0.2) is 0 Å². The lowest BCUT2D eigenvalue weighted by Crippen LogP contribution is -2.30. The van der Waals surface area contributed by atoms with Crippen molar-refractivity contribution in [1.82, 2.24) is 25.0 Å². The summed E-state index contributed by atoms with van der Waals surface area (Å²) in [7, 11) is 1.72. The lowest BCUT2D eigenvalue weighted by Gasteiger charge is -2.22. The predicted molar refractivity (Wildman–Crippen MR) is 126 cm³/mol. The number of rotatable bonds is 6. The molecule has 1 aliphatic heterocycles. The molecule has 7 nitrogen and oxygen atoms in total. The van der Waals surface area contributed by atoms with Crippen molar-refractivity contribution in [2.45, 2.75) is 45.1 Å². The van der Waals surface area contributed by atoms with Crippen molar-refractivity contribution in [2.75, 3.05) is 33.3 Å². The van der Waals surface area contributed by atoms with E-state index in [-0.39, 0.29) is 23.8 Å². The first-order valence-electron chi connectivity index (χ1n) is 11.3. The summed E-state index contributed by atoms with van der Waals surface area (Å²) in [6.45, 7) is 9.59. The van der Waals surface area contributed by atoms with Crippen molar-refractivity contribution < 1.29 is 9.90 Å². The minimum Gasteiger partial charge on any atom is -0.395 e. The number of H-pyrrole nitrogens is 1. The third-order valence-electron chi connectivity index (χ3n) is 6.30. The number of likely N-dealkylation sites (tertiary alicyclic amines) is 1. The molecule has 0 aliphatic carbocycles. The number of aromatic nitrogens is 3. The summed E-state index contributed by atoms with van der Waals surface area (Å²) < 4.78 is 0. The topological polar surface area (TPSA) is 85.4 Å². The van der Waals surface area contributed by atoms with Gasteiger partial charge in [-0.05, 0) is 25.1 Å². The van der Waals surface area contributed by atoms with Crippen LogP contribution in [0.3, 0.4) is 0 Å². The summed E-state index contributed by atoms with van der Waals surface area (Å²) >= 11 is 0. The summed E-state index contributed by atoms with van der Waals surface area (Å²) in [5.41, 5.74) is 4.92. The fourth-order valence-electron chi connectivity index (χ4n) is 4.58. The van der Waals surface area contributed by atoms with Gasteiger partial charge in [-0.1, -0.05) is 39.0 Å². The van der Waals surface area contributed by atoms with E-state index in [2.05, 4.69) is 35.9 Å². The number of amides is 1. The van der Waals surface area contributed by atoms with Crippen LogP contribution in [0, 0.1) is 0 Å². The highest BCUT2D eigenvalue weighted by Crippen LogP contribution is 2.32. The van der Waals surface area contributed by atoms with Crippen LogP contribution in [0.15, 0.2) is 36.5 Å². The number of benzene rings is 1. The van der Waals surface area contributed by atoms with Gasteiger partial charge in [0.2, 0.25) is 0 Å². The number of nitrogens with one attached hydrogen (secondary N) is 1. The Morgan fingerprint density at radius 1 is 1.31 bits per heavy atom. The van der Waals surface area contributed by atoms with Gasteiger partial charge in [0.1, 0.15) is 0 Å². The molecule has 1 fully saturated rings. The van der Waals surface area contributed by atoms with E-state index in [0.717, 1.165) is 42.7 Å². The van der Waals surface area contributed by atoms with Crippen LogP contribution in [0.2, 0.25) is 0 Å². The predicted octanol–water partition coefficient (Wildman–Crippen LogP) is 3.31. The fraction of sp³-hybridized carbons (Fsp3) is 0.480. The maximum absolute atomic E-state index is 13.1.